The number of hydrogen-bond donors (Lipinski definition) is 1. The Morgan fingerprint density at radius 2 is 2.32 bits per heavy atom. The Kier molecular flexibility index (Phi) is 3.24. The minimum atomic E-state index is 0.788. The van der Waals surface area contributed by atoms with E-state index < -0.39 is 0 Å². The molecule has 0 atom stereocenters. The minimum absolute atomic E-state index is 0.788. The van der Waals surface area contributed by atoms with Gasteiger partial charge in [0.25, 0.3) is 0 Å². The van der Waals surface area contributed by atoms with E-state index in [1.165, 1.54) is 0 Å². The number of aromatic nitrogens is 5. The Hall–Kier alpha value is -2.21. The highest BCUT2D eigenvalue weighted by Gasteiger charge is 2.00. The maximum Gasteiger partial charge on any atom is 0.155 e. The van der Waals surface area contributed by atoms with Crippen molar-refractivity contribution >= 4 is 5.65 Å². The fourth-order valence-corrected chi connectivity index (χ4v) is 1.99. The summed E-state index contributed by atoms with van der Waals surface area (Å²) < 4.78 is 3.87. The summed E-state index contributed by atoms with van der Waals surface area (Å²) in [5.41, 5.74) is 3.00. The fourth-order valence-electron chi connectivity index (χ4n) is 1.99. The first-order valence-corrected chi connectivity index (χ1v) is 6.28. The van der Waals surface area contributed by atoms with Gasteiger partial charge in [-0.15, -0.1) is 0 Å². The van der Waals surface area contributed by atoms with E-state index in [0.717, 1.165) is 36.5 Å². The molecule has 0 bridgehead atoms. The predicted octanol–water partition coefficient (Wildman–Crippen LogP) is 1.02. The maximum absolute atomic E-state index is 4.38. The summed E-state index contributed by atoms with van der Waals surface area (Å²) in [5.74, 6) is 0. The Morgan fingerprint density at radius 3 is 3.16 bits per heavy atom. The van der Waals surface area contributed by atoms with E-state index in [2.05, 4.69) is 20.4 Å². The Balaban J connectivity index is 1.56. The molecule has 0 spiro atoms. The molecule has 98 valence electrons. The lowest BCUT2D eigenvalue weighted by Crippen LogP contribution is -2.19. The monoisotopic (exact) mass is 256 g/mol. The number of imidazole rings is 1. The third-order valence-corrected chi connectivity index (χ3v) is 2.92. The highest BCUT2D eigenvalue weighted by molar-refractivity contribution is 5.38. The van der Waals surface area contributed by atoms with Gasteiger partial charge in [0.15, 0.2) is 5.65 Å². The third kappa shape index (κ3) is 2.79. The van der Waals surface area contributed by atoms with Crippen molar-refractivity contribution in [1.82, 2.24) is 29.5 Å². The van der Waals surface area contributed by atoms with Crippen LogP contribution in [0.1, 0.15) is 11.3 Å². The molecule has 0 aliphatic carbocycles. The minimum Gasteiger partial charge on any atom is -0.336 e. The Morgan fingerprint density at radius 1 is 1.37 bits per heavy atom. The van der Waals surface area contributed by atoms with E-state index in [0.29, 0.717) is 0 Å². The lowest BCUT2D eigenvalue weighted by molar-refractivity contribution is 0.595. The molecule has 6 nitrogen and oxygen atoms in total. The van der Waals surface area contributed by atoms with E-state index >= 15 is 0 Å². The van der Waals surface area contributed by atoms with Crippen LogP contribution in [0, 0.1) is 6.92 Å². The van der Waals surface area contributed by atoms with Gasteiger partial charge in [0.2, 0.25) is 0 Å². The van der Waals surface area contributed by atoms with Crippen molar-refractivity contribution in [2.45, 2.75) is 20.0 Å². The predicted molar refractivity (Wildman–Crippen MR) is 71.7 cm³/mol. The summed E-state index contributed by atoms with van der Waals surface area (Å²) >= 11 is 0. The molecule has 1 N–H and O–H groups in total. The van der Waals surface area contributed by atoms with E-state index in [9.17, 15) is 0 Å². The van der Waals surface area contributed by atoms with Crippen molar-refractivity contribution in [3.63, 3.8) is 0 Å². The average molecular weight is 256 g/mol. The quantitative estimate of drug-likeness (QED) is 0.692. The molecule has 3 heterocycles. The van der Waals surface area contributed by atoms with Gasteiger partial charge in [-0.25, -0.2) is 14.5 Å². The molecular formula is C13H16N6. The van der Waals surface area contributed by atoms with Crippen LogP contribution in [0.15, 0.2) is 37.2 Å². The van der Waals surface area contributed by atoms with Crippen LogP contribution >= 0.6 is 0 Å². The highest BCUT2D eigenvalue weighted by Crippen LogP contribution is 2.04. The van der Waals surface area contributed by atoms with Crippen molar-refractivity contribution in [2.75, 3.05) is 6.54 Å². The van der Waals surface area contributed by atoms with E-state index in [4.69, 9.17) is 0 Å². The summed E-state index contributed by atoms with van der Waals surface area (Å²) in [6.45, 7) is 4.57. The molecule has 3 aromatic heterocycles. The second-order valence-corrected chi connectivity index (χ2v) is 4.53. The van der Waals surface area contributed by atoms with Gasteiger partial charge in [-0.2, -0.15) is 5.10 Å². The average Bonchev–Trinajstić information content (AvgIpc) is 3.02. The van der Waals surface area contributed by atoms with Crippen molar-refractivity contribution in [3.05, 3.63) is 48.4 Å². The van der Waals surface area contributed by atoms with Crippen molar-refractivity contribution in [3.8, 4) is 0 Å². The first kappa shape index (κ1) is 11.9. The molecule has 0 radical (unpaired) electrons. The van der Waals surface area contributed by atoms with E-state index in [1.54, 1.807) is 6.20 Å². The van der Waals surface area contributed by atoms with Crippen LogP contribution < -0.4 is 5.32 Å². The van der Waals surface area contributed by atoms with Gasteiger partial charge < -0.3 is 9.88 Å². The van der Waals surface area contributed by atoms with Crippen LogP contribution in [0.2, 0.25) is 0 Å². The first-order valence-electron chi connectivity index (χ1n) is 6.28. The second-order valence-electron chi connectivity index (χ2n) is 4.53. The van der Waals surface area contributed by atoms with Gasteiger partial charge >= 0.3 is 0 Å². The zero-order valence-electron chi connectivity index (χ0n) is 10.8. The number of nitrogens with one attached hydrogen (secondary N) is 1. The van der Waals surface area contributed by atoms with Gasteiger partial charge in [-0.3, -0.25) is 0 Å². The van der Waals surface area contributed by atoms with E-state index in [1.807, 2.05) is 47.0 Å². The number of aryl methyl sites for hydroxylation is 1. The van der Waals surface area contributed by atoms with Crippen molar-refractivity contribution < 1.29 is 0 Å². The number of nitrogens with zero attached hydrogens (tertiary/aromatic N) is 5. The molecule has 0 saturated heterocycles. The molecule has 0 saturated carbocycles. The molecule has 0 amide bonds. The standard InChI is InChI=1S/C13H16N6/c1-11-6-13-16-8-12(9-19(13)17-11)7-14-2-4-18-5-3-15-10-18/h3,5-6,8-10,14H,2,4,7H2,1H3. The SMILES string of the molecule is Cc1cc2ncc(CNCCn3ccnc3)cn2n1. The van der Waals surface area contributed by atoms with Gasteiger partial charge in [-0.05, 0) is 6.92 Å². The lowest BCUT2D eigenvalue weighted by atomic mass is 10.3. The maximum atomic E-state index is 4.38. The number of hydrogen-bond acceptors (Lipinski definition) is 4. The summed E-state index contributed by atoms with van der Waals surface area (Å²) in [6, 6.07) is 1.97. The highest BCUT2D eigenvalue weighted by atomic mass is 15.2. The van der Waals surface area contributed by atoms with Crippen LogP contribution in [-0.4, -0.2) is 30.7 Å². The molecule has 19 heavy (non-hydrogen) atoms. The zero-order valence-corrected chi connectivity index (χ0v) is 10.8. The fraction of sp³-hybridized carbons (Fsp3) is 0.308. The van der Waals surface area contributed by atoms with Gasteiger partial charge in [0, 0.05) is 56.1 Å². The smallest absolute Gasteiger partial charge is 0.155 e. The largest absolute Gasteiger partial charge is 0.336 e. The van der Waals surface area contributed by atoms with Crippen LogP contribution in [-0.2, 0) is 13.1 Å². The Labute approximate surface area is 111 Å². The molecule has 0 aliphatic rings. The van der Waals surface area contributed by atoms with Crippen molar-refractivity contribution in [2.24, 2.45) is 0 Å². The summed E-state index contributed by atoms with van der Waals surface area (Å²) in [6.07, 6.45) is 9.47. The summed E-state index contributed by atoms with van der Waals surface area (Å²) in [4.78, 5) is 8.39. The lowest BCUT2D eigenvalue weighted by Gasteiger charge is -2.05. The molecular weight excluding hydrogens is 240 g/mol. The third-order valence-electron chi connectivity index (χ3n) is 2.92. The van der Waals surface area contributed by atoms with Gasteiger partial charge in [0.05, 0.1) is 12.0 Å². The van der Waals surface area contributed by atoms with Crippen LogP contribution in [0.3, 0.4) is 0 Å². The number of rotatable bonds is 5. The van der Waals surface area contributed by atoms with E-state index in [-0.39, 0.29) is 0 Å². The molecule has 0 aromatic carbocycles. The number of fused-ring (bicyclic) bond motifs is 1. The second kappa shape index (κ2) is 5.19. The van der Waals surface area contributed by atoms with Crippen molar-refractivity contribution in [1.29, 1.82) is 0 Å². The first-order chi connectivity index (χ1) is 9.31. The molecule has 3 aromatic rings. The normalized spacial score (nSPS) is 11.2. The van der Waals surface area contributed by atoms with Crippen LogP contribution in [0.25, 0.3) is 5.65 Å². The molecule has 3 rings (SSSR count). The molecule has 0 aliphatic heterocycles. The molecule has 0 unspecified atom stereocenters. The summed E-state index contributed by atoms with van der Waals surface area (Å²) in [5, 5.41) is 7.74. The van der Waals surface area contributed by atoms with Gasteiger partial charge in [0.1, 0.15) is 0 Å². The van der Waals surface area contributed by atoms with Gasteiger partial charge in [-0.1, -0.05) is 0 Å². The van der Waals surface area contributed by atoms with Crippen LogP contribution in [0.5, 0.6) is 0 Å². The molecule has 6 heteroatoms. The zero-order chi connectivity index (χ0) is 13.1. The topological polar surface area (TPSA) is 60.0 Å². The Bertz CT molecular complexity index is 655. The molecule has 0 fully saturated rings. The van der Waals surface area contributed by atoms with Crippen LogP contribution in [0.4, 0.5) is 0 Å². The summed E-state index contributed by atoms with van der Waals surface area (Å²) in [7, 11) is 0.